The molecule has 0 radical (unpaired) electrons. The maximum Gasteiger partial charge on any atom is 0.150 e. The molecule has 0 atom stereocenters. The van der Waals surface area contributed by atoms with Crippen molar-refractivity contribution in [2.45, 2.75) is 0 Å². The van der Waals surface area contributed by atoms with Gasteiger partial charge in [-0.25, -0.2) is 8.78 Å². The van der Waals surface area contributed by atoms with Crippen LogP contribution >= 0.6 is 0 Å². The Labute approximate surface area is 98.9 Å². The van der Waals surface area contributed by atoms with Crippen molar-refractivity contribution in [3.8, 4) is 0 Å². The molecule has 17 heavy (non-hydrogen) atoms. The standard InChI is InChI=1S/C13H13F2NO/c1-3-5-16(6-4-2)13-11(14)7-10(9-17)8-12(13)15/h3-4,7-9H,1-2,5-6H2. The Morgan fingerprint density at radius 2 is 1.59 bits per heavy atom. The van der Waals surface area contributed by atoms with E-state index in [1.807, 2.05) is 0 Å². The van der Waals surface area contributed by atoms with Crippen molar-refractivity contribution in [1.29, 1.82) is 0 Å². The molecule has 1 rings (SSSR count). The Bertz CT molecular complexity index is 410. The van der Waals surface area contributed by atoms with Crippen molar-refractivity contribution in [2.24, 2.45) is 0 Å². The average Bonchev–Trinajstić information content (AvgIpc) is 2.28. The predicted octanol–water partition coefficient (Wildman–Crippen LogP) is 2.96. The van der Waals surface area contributed by atoms with Crippen LogP contribution in [0.15, 0.2) is 37.4 Å². The lowest BCUT2D eigenvalue weighted by molar-refractivity contribution is 0.112. The second kappa shape index (κ2) is 5.94. The summed E-state index contributed by atoms with van der Waals surface area (Å²) in [5.74, 6) is -1.54. The van der Waals surface area contributed by atoms with E-state index in [0.717, 1.165) is 12.1 Å². The monoisotopic (exact) mass is 237 g/mol. The van der Waals surface area contributed by atoms with Crippen molar-refractivity contribution in [3.05, 3.63) is 54.6 Å². The Morgan fingerprint density at radius 3 is 1.94 bits per heavy atom. The molecule has 0 fully saturated rings. The first kappa shape index (κ1) is 13.1. The molecular formula is C13H13F2NO. The van der Waals surface area contributed by atoms with Gasteiger partial charge >= 0.3 is 0 Å². The van der Waals surface area contributed by atoms with Crippen molar-refractivity contribution in [3.63, 3.8) is 0 Å². The quantitative estimate of drug-likeness (QED) is 0.560. The van der Waals surface area contributed by atoms with Gasteiger partial charge in [-0.15, -0.1) is 13.2 Å². The van der Waals surface area contributed by atoms with Gasteiger partial charge in [0.05, 0.1) is 0 Å². The van der Waals surface area contributed by atoms with Gasteiger partial charge in [0.2, 0.25) is 0 Å². The van der Waals surface area contributed by atoms with Crippen LogP contribution < -0.4 is 4.90 Å². The summed E-state index contributed by atoms with van der Waals surface area (Å²) in [6, 6.07) is 2.01. The first-order chi connectivity index (χ1) is 8.13. The van der Waals surface area contributed by atoms with Crippen molar-refractivity contribution >= 4 is 12.0 Å². The van der Waals surface area contributed by atoms with Crippen LogP contribution in [0, 0.1) is 11.6 Å². The second-order valence-corrected chi connectivity index (χ2v) is 3.43. The molecule has 0 amide bonds. The zero-order chi connectivity index (χ0) is 12.8. The van der Waals surface area contributed by atoms with Gasteiger partial charge in [0.1, 0.15) is 23.6 Å². The summed E-state index contributed by atoms with van der Waals surface area (Å²) in [7, 11) is 0. The van der Waals surface area contributed by atoms with E-state index in [-0.39, 0.29) is 11.3 Å². The van der Waals surface area contributed by atoms with Crippen LogP contribution in [-0.4, -0.2) is 19.4 Å². The molecule has 4 heteroatoms. The zero-order valence-electron chi connectivity index (χ0n) is 9.33. The summed E-state index contributed by atoms with van der Waals surface area (Å²) in [6.07, 6.45) is 3.48. The van der Waals surface area contributed by atoms with E-state index in [0.29, 0.717) is 19.4 Å². The molecule has 0 aliphatic heterocycles. The third-order valence-corrected chi connectivity index (χ3v) is 2.19. The summed E-state index contributed by atoms with van der Waals surface area (Å²) in [4.78, 5) is 11.9. The molecular weight excluding hydrogens is 224 g/mol. The lowest BCUT2D eigenvalue weighted by Gasteiger charge is -2.22. The first-order valence-corrected chi connectivity index (χ1v) is 5.05. The molecule has 0 saturated heterocycles. The van der Waals surface area contributed by atoms with E-state index in [2.05, 4.69) is 13.2 Å². The number of hydrogen-bond donors (Lipinski definition) is 0. The molecule has 2 nitrogen and oxygen atoms in total. The number of halogens is 2. The van der Waals surface area contributed by atoms with Gasteiger partial charge in [-0.3, -0.25) is 4.79 Å². The largest absolute Gasteiger partial charge is 0.359 e. The van der Waals surface area contributed by atoms with Crippen LogP contribution in [0.25, 0.3) is 0 Å². The average molecular weight is 237 g/mol. The molecule has 0 saturated carbocycles. The lowest BCUT2D eigenvalue weighted by atomic mass is 10.2. The van der Waals surface area contributed by atoms with Gasteiger partial charge in [-0.2, -0.15) is 0 Å². The van der Waals surface area contributed by atoms with Crippen molar-refractivity contribution in [1.82, 2.24) is 0 Å². The second-order valence-electron chi connectivity index (χ2n) is 3.43. The van der Waals surface area contributed by atoms with Crippen LogP contribution in [-0.2, 0) is 0 Å². The Hall–Kier alpha value is -1.97. The van der Waals surface area contributed by atoms with Crippen LogP contribution in [0.5, 0.6) is 0 Å². The fourth-order valence-corrected chi connectivity index (χ4v) is 1.52. The van der Waals surface area contributed by atoms with Crippen LogP contribution in [0.1, 0.15) is 10.4 Å². The Kier molecular flexibility index (Phi) is 4.57. The Balaban J connectivity index is 3.22. The van der Waals surface area contributed by atoms with Gasteiger partial charge in [-0.05, 0) is 12.1 Å². The van der Waals surface area contributed by atoms with E-state index < -0.39 is 11.6 Å². The van der Waals surface area contributed by atoms with E-state index in [9.17, 15) is 13.6 Å². The smallest absolute Gasteiger partial charge is 0.150 e. The third kappa shape index (κ3) is 3.00. The predicted molar refractivity (Wildman–Crippen MR) is 64.4 cm³/mol. The van der Waals surface area contributed by atoms with Gasteiger partial charge in [0.25, 0.3) is 0 Å². The number of hydrogen-bond acceptors (Lipinski definition) is 2. The molecule has 0 aromatic heterocycles. The highest BCUT2D eigenvalue weighted by Gasteiger charge is 2.16. The molecule has 90 valence electrons. The fourth-order valence-electron chi connectivity index (χ4n) is 1.52. The molecule has 0 spiro atoms. The number of carbonyl (C=O) groups is 1. The van der Waals surface area contributed by atoms with Crippen molar-refractivity contribution < 1.29 is 13.6 Å². The normalized spacial score (nSPS) is 9.76. The summed E-state index contributed by atoms with van der Waals surface area (Å²) < 4.78 is 27.4. The number of nitrogens with zero attached hydrogens (tertiary/aromatic N) is 1. The summed E-state index contributed by atoms with van der Waals surface area (Å²) in [5.41, 5.74) is -0.198. The minimum absolute atomic E-state index is 0.0269. The summed E-state index contributed by atoms with van der Waals surface area (Å²) in [6.45, 7) is 7.63. The lowest BCUT2D eigenvalue weighted by Crippen LogP contribution is -2.25. The molecule has 0 aliphatic rings. The molecule has 0 unspecified atom stereocenters. The highest BCUT2D eigenvalue weighted by Crippen LogP contribution is 2.24. The highest BCUT2D eigenvalue weighted by molar-refractivity contribution is 5.76. The Morgan fingerprint density at radius 1 is 1.12 bits per heavy atom. The van der Waals surface area contributed by atoms with E-state index in [1.165, 1.54) is 17.1 Å². The third-order valence-electron chi connectivity index (χ3n) is 2.19. The minimum atomic E-state index is -0.768. The topological polar surface area (TPSA) is 20.3 Å². The van der Waals surface area contributed by atoms with E-state index >= 15 is 0 Å². The molecule has 1 aromatic rings. The highest BCUT2D eigenvalue weighted by atomic mass is 19.1. The van der Waals surface area contributed by atoms with Gasteiger partial charge in [0, 0.05) is 18.7 Å². The maximum atomic E-state index is 13.7. The van der Waals surface area contributed by atoms with Crippen LogP contribution in [0.3, 0.4) is 0 Å². The van der Waals surface area contributed by atoms with Gasteiger partial charge < -0.3 is 4.90 Å². The number of benzene rings is 1. The SMILES string of the molecule is C=CCN(CC=C)c1c(F)cc(C=O)cc1F. The fraction of sp³-hybridized carbons (Fsp3) is 0.154. The maximum absolute atomic E-state index is 13.7. The van der Waals surface area contributed by atoms with Gasteiger partial charge in [0.15, 0.2) is 0 Å². The molecule has 0 bridgehead atoms. The number of anilines is 1. The number of aldehydes is 1. The van der Waals surface area contributed by atoms with Crippen LogP contribution in [0.2, 0.25) is 0 Å². The van der Waals surface area contributed by atoms with Crippen molar-refractivity contribution in [2.75, 3.05) is 18.0 Å². The van der Waals surface area contributed by atoms with E-state index in [1.54, 1.807) is 0 Å². The molecule has 0 heterocycles. The summed E-state index contributed by atoms with van der Waals surface area (Å²) >= 11 is 0. The number of carbonyl (C=O) groups excluding carboxylic acids is 1. The summed E-state index contributed by atoms with van der Waals surface area (Å²) in [5, 5.41) is 0. The van der Waals surface area contributed by atoms with E-state index in [4.69, 9.17) is 0 Å². The molecule has 0 aliphatic carbocycles. The zero-order valence-corrected chi connectivity index (χ0v) is 9.33. The first-order valence-electron chi connectivity index (χ1n) is 5.05. The number of rotatable bonds is 6. The minimum Gasteiger partial charge on any atom is -0.359 e. The molecule has 0 N–H and O–H groups in total. The van der Waals surface area contributed by atoms with Crippen LogP contribution in [0.4, 0.5) is 14.5 Å². The van der Waals surface area contributed by atoms with Gasteiger partial charge in [-0.1, -0.05) is 12.2 Å². The molecule has 1 aromatic carbocycles.